The van der Waals surface area contributed by atoms with Crippen LogP contribution in [0.3, 0.4) is 0 Å². The van der Waals surface area contributed by atoms with E-state index in [2.05, 4.69) is 6.92 Å². The normalized spacial score (nSPS) is 17.7. The van der Waals surface area contributed by atoms with Crippen molar-refractivity contribution in [1.82, 2.24) is 9.80 Å². The first-order valence-corrected chi connectivity index (χ1v) is 13.1. The van der Waals surface area contributed by atoms with Crippen molar-refractivity contribution in [1.29, 1.82) is 0 Å². The summed E-state index contributed by atoms with van der Waals surface area (Å²) in [5, 5.41) is 0.597. The Kier molecular flexibility index (Phi) is 8.49. The van der Waals surface area contributed by atoms with Crippen LogP contribution in [-0.2, 0) is 16.2 Å². The van der Waals surface area contributed by atoms with Crippen molar-refractivity contribution in [3.05, 3.63) is 62.5 Å². The molecule has 0 aromatic heterocycles. The van der Waals surface area contributed by atoms with Crippen LogP contribution in [0.4, 0.5) is 4.79 Å². The molecule has 2 aromatic rings. The number of rotatable bonds is 7. The van der Waals surface area contributed by atoms with Gasteiger partial charge in [-0.2, -0.15) is 0 Å². The number of ether oxygens (including phenoxy) is 2. The van der Waals surface area contributed by atoms with Crippen molar-refractivity contribution in [3.63, 3.8) is 0 Å². The quantitative estimate of drug-likeness (QED) is 0.402. The molecule has 0 saturated carbocycles. The van der Waals surface area contributed by atoms with Gasteiger partial charge in [-0.05, 0) is 66.4 Å². The van der Waals surface area contributed by atoms with E-state index < -0.39 is 11.1 Å². The number of hydrogen-bond acceptors (Lipinski definition) is 6. The van der Waals surface area contributed by atoms with Gasteiger partial charge in [0.2, 0.25) is 5.91 Å². The molecule has 0 bridgehead atoms. The van der Waals surface area contributed by atoms with Gasteiger partial charge in [-0.25, -0.2) is 0 Å². The van der Waals surface area contributed by atoms with Crippen LogP contribution in [0.2, 0.25) is 10.0 Å². The minimum absolute atomic E-state index is 0.200. The van der Waals surface area contributed by atoms with Crippen molar-refractivity contribution in [3.8, 4) is 11.5 Å². The first-order valence-electron chi connectivity index (χ1n) is 11.5. The molecule has 190 valence electrons. The molecule has 2 saturated heterocycles. The lowest BCUT2D eigenvalue weighted by Gasteiger charge is -2.31. The molecular formula is C26H26Cl2N2O5S. The fraction of sp³-hybridized carbons (Fsp3) is 0.346. The zero-order chi connectivity index (χ0) is 25.8. The fourth-order valence-electron chi connectivity index (χ4n) is 3.97. The SMILES string of the molecule is COc1cc(/C=C2/SC(=O)N(CC(=O)N3CCC(C)CC3)C2=O)ccc1OCc1ccc(Cl)cc1Cl. The van der Waals surface area contributed by atoms with Crippen LogP contribution in [0, 0.1) is 5.92 Å². The number of thioether (sulfide) groups is 1. The summed E-state index contributed by atoms with van der Waals surface area (Å²) in [6.45, 7) is 3.45. The van der Waals surface area contributed by atoms with Crippen LogP contribution in [0.25, 0.3) is 6.08 Å². The van der Waals surface area contributed by atoms with E-state index in [1.165, 1.54) is 7.11 Å². The molecule has 36 heavy (non-hydrogen) atoms. The van der Waals surface area contributed by atoms with E-state index in [0.717, 1.165) is 35.1 Å². The Bertz CT molecular complexity index is 1210. The third-order valence-corrected chi connectivity index (χ3v) is 7.68. The smallest absolute Gasteiger partial charge is 0.294 e. The highest BCUT2D eigenvalue weighted by Gasteiger charge is 2.37. The number of piperidine rings is 1. The molecule has 2 aliphatic rings. The van der Waals surface area contributed by atoms with Crippen molar-refractivity contribution in [2.45, 2.75) is 26.4 Å². The maximum atomic E-state index is 12.9. The molecule has 7 nitrogen and oxygen atoms in total. The number of benzene rings is 2. The fourth-order valence-corrected chi connectivity index (χ4v) is 5.27. The summed E-state index contributed by atoms with van der Waals surface area (Å²) in [6, 6.07) is 10.4. The van der Waals surface area contributed by atoms with Gasteiger partial charge in [0.1, 0.15) is 13.2 Å². The van der Waals surface area contributed by atoms with Crippen molar-refractivity contribution in [2.75, 3.05) is 26.7 Å². The Labute approximate surface area is 224 Å². The zero-order valence-corrected chi connectivity index (χ0v) is 22.3. The van der Waals surface area contributed by atoms with Gasteiger partial charge in [0.15, 0.2) is 11.5 Å². The van der Waals surface area contributed by atoms with Crippen molar-refractivity contribution < 1.29 is 23.9 Å². The summed E-state index contributed by atoms with van der Waals surface area (Å²) in [7, 11) is 1.52. The van der Waals surface area contributed by atoms with Gasteiger partial charge >= 0.3 is 0 Å². The minimum Gasteiger partial charge on any atom is -0.493 e. The average Bonchev–Trinajstić information content (AvgIpc) is 3.11. The Hall–Kier alpha value is -2.68. The molecule has 3 amide bonds. The Morgan fingerprint density at radius 1 is 1.11 bits per heavy atom. The molecule has 0 spiro atoms. The number of amides is 3. The Morgan fingerprint density at radius 2 is 1.86 bits per heavy atom. The Morgan fingerprint density at radius 3 is 2.56 bits per heavy atom. The molecule has 0 N–H and O–H groups in total. The number of imide groups is 1. The number of carbonyl (C=O) groups excluding carboxylic acids is 3. The lowest BCUT2D eigenvalue weighted by atomic mass is 9.99. The van der Waals surface area contributed by atoms with E-state index in [-0.39, 0.29) is 24.0 Å². The van der Waals surface area contributed by atoms with E-state index in [1.54, 1.807) is 47.4 Å². The van der Waals surface area contributed by atoms with Gasteiger partial charge in [0.05, 0.1) is 12.0 Å². The van der Waals surface area contributed by atoms with Crippen molar-refractivity contribution in [2.24, 2.45) is 5.92 Å². The van der Waals surface area contributed by atoms with Gasteiger partial charge < -0.3 is 14.4 Å². The molecule has 10 heteroatoms. The highest BCUT2D eigenvalue weighted by Crippen LogP contribution is 2.35. The lowest BCUT2D eigenvalue weighted by molar-refractivity contribution is -0.136. The minimum atomic E-state index is -0.472. The molecule has 0 radical (unpaired) electrons. The van der Waals surface area contributed by atoms with Gasteiger partial charge in [-0.3, -0.25) is 19.3 Å². The maximum absolute atomic E-state index is 12.9. The summed E-state index contributed by atoms with van der Waals surface area (Å²) in [6.07, 6.45) is 3.48. The van der Waals surface area contributed by atoms with Crippen LogP contribution >= 0.6 is 35.0 Å². The van der Waals surface area contributed by atoms with Crippen LogP contribution < -0.4 is 9.47 Å². The average molecular weight is 549 g/mol. The second-order valence-electron chi connectivity index (χ2n) is 8.77. The molecule has 0 unspecified atom stereocenters. The third-order valence-electron chi connectivity index (χ3n) is 6.19. The lowest BCUT2D eigenvalue weighted by Crippen LogP contribution is -2.45. The highest BCUT2D eigenvalue weighted by atomic mass is 35.5. The van der Waals surface area contributed by atoms with Crippen LogP contribution in [0.5, 0.6) is 11.5 Å². The van der Waals surface area contributed by atoms with E-state index in [9.17, 15) is 14.4 Å². The van der Waals surface area contributed by atoms with Crippen molar-refractivity contribution >= 4 is 58.1 Å². The highest BCUT2D eigenvalue weighted by molar-refractivity contribution is 8.18. The number of likely N-dealkylation sites (tertiary alicyclic amines) is 1. The third kappa shape index (κ3) is 6.17. The second-order valence-corrected chi connectivity index (χ2v) is 10.6. The number of nitrogens with zero attached hydrogens (tertiary/aromatic N) is 2. The molecule has 2 aromatic carbocycles. The summed E-state index contributed by atoms with van der Waals surface area (Å²) in [5.74, 6) is 0.866. The summed E-state index contributed by atoms with van der Waals surface area (Å²) < 4.78 is 11.3. The molecule has 4 rings (SSSR count). The van der Waals surface area contributed by atoms with Crippen LogP contribution in [0.1, 0.15) is 30.9 Å². The molecule has 0 atom stereocenters. The molecular weight excluding hydrogens is 523 g/mol. The molecule has 2 fully saturated rings. The van der Waals surface area contributed by atoms with Gasteiger partial charge in [-0.15, -0.1) is 0 Å². The van der Waals surface area contributed by atoms with Gasteiger partial charge in [0.25, 0.3) is 11.1 Å². The summed E-state index contributed by atoms with van der Waals surface area (Å²) >= 11 is 13.0. The standard InChI is InChI=1S/C26H26Cl2N2O5S/c1-16-7-9-29(10-8-16)24(31)14-30-25(32)23(36-26(30)33)12-17-3-6-21(22(11-17)34-2)35-15-18-4-5-19(27)13-20(18)28/h3-6,11-13,16H,7-10,14-15H2,1-2H3/b23-12+. The van der Waals surface area contributed by atoms with E-state index in [1.807, 2.05) is 0 Å². The predicted octanol–water partition coefficient (Wildman–Crippen LogP) is 5.88. The second kappa shape index (κ2) is 11.6. The summed E-state index contributed by atoms with van der Waals surface area (Å²) in [5.41, 5.74) is 1.43. The number of carbonyl (C=O) groups is 3. The summed E-state index contributed by atoms with van der Waals surface area (Å²) in [4.78, 5) is 41.0. The van der Waals surface area contributed by atoms with E-state index >= 15 is 0 Å². The van der Waals surface area contributed by atoms with Gasteiger partial charge in [-0.1, -0.05) is 42.3 Å². The van der Waals surface area contributed by atoms with E-state index in [0.29, 0.717) is 46.1 Å². The predicted molar refractivity (Wildman–Crippen MR) is 141 cm³/mol. The first-order chi connectivity index (χ1) is 17.2. The van der Waals surface area contributed by atoms with E-state index in [4.69, 9.17) is 32.7 Å². The van der Waals surface area contributed by atoms with Crippen LogP contribution in [0.15, 0.2) is 41.3 Å². The topological polar surface area (TPSA) is 76.2 Å². The molecule has 2 heterocycles. The largest absolute Gasteiger partial charge is 0.493 e. The first kappa shape index (κ1) is 26.4. The Balaban J connectivity index is 1.43. The number of methoxy groups -OCH3 is 1. The monoisotopic (exact) mass is 548 g/mol. The van der Waals surface area contributed by atoms with Crippen LogP contribution in [-0.4, -0.2) is 53.6 Å². The molecule has 2 aliphatic heterocycles. The maximum Gasteiger partial charge on any atom is 0.294 e. The molecule has 0 aliphatic carbocycles. The number of halogens is 2. The number of hydrogen-bond donors (Lipinski definition) is 0. The zero-order valence-electron chi connectivity index (χ0n) is 20.0. The van der Waals surface area contributed by atoms with Gasteiger partial charge in [0, 0.05) is 28.7 Å².